The van der Waals surface area contributed by atoms with E-state index in [9.17, 15) is 8.78 Å². The Kier molecular flexibility index (Phi) is 4.06. The summed E-state index contributed by atoms with van der Waals surface area (Å²) in [6.07, 6.45) is 6.06. The van der Waals surface area contributed by atoms with E-state index in [0.717, 1.165) is 22.6 Å². The Labute approximate surface area is 126 Å². The molecule has 0 atom stereocenters. The Hall–Kier alpha value is -1.68. The number of hydrogen-bond donors (Lipinski definition) is 0. The molecular formula is C17H16F2OS. The minimum atomic E-state index is -0.899. The smallest absolute Gasteiger partial charge is 0.201 e. The van der Waals surface area contributed by atoms with Crippen LogP contribution in [0.5, 0.6) is 5.75 Å². The average Bonchev–Trinajstić information content (AvgIpc) is 3.12. The van der Waals surface area contributed by atoms with Crippen LogP contribution in [0.2, 0.25) is 0 Å². The molecule has 1 aromatic carbocycles. The number of aryl methyl sites for hydroxylation is 1. The lowest BCUT2D eigenvalue weighted by Crippen LogP contribution is -2.10. The molecular weight excluding hydrogens is 290 g/mol. The molecule has 1 heterocycles. The van der Waals surface area contributed by atoms with Gasteiger partial charge >= 0.3 is 0 Å². The number of rotatable bonds is 4. The molecule has 0 aliphatic heterocycles. The molecule has 0 bridgehead atoms. The van der Waals surface area contributed by atoms with Gasteiger partial charge in [0.15, 0.2) is 11.6 Å². The standard InChI is InChI=1S/C17H16F2OS/c1-11-6-9-15(21-11)13-7-8-14(17(19)16(13)18)20-10-12-4-2-3-5-12/h2-3,6-9,12H,4-5,10H2,1H3. The predicted molar refractivity (Wildman–Crippen MR) is 81.8 cm³/mol. The maximum absolute atomic E-state index is 14.2. The van der Waals surface area contributed by atoms with E-state index < -0.39 is 11.6 Å². The van der Waals surface area contributed by atoms with Crippen molar-refractivity contribution in [3.05, 3.63) is 52.9 Å². The van der Waals surface area contributed by atoms with Crippen LogP contribution in [0.3, 0.4) is 0 Å². The summed E-state index contributed by atoms with van der Waals surface area (Å²) in [6.45, 7) is 2.36. The van der Waals surface area contributed by atoms with Crippen LogP contribution in [0.1, 0.15) is 17.7 Å². The number of thiophene rings is 1. The van der Waals surface area contributed by atoms with E-state index in [1.165, 1.54) is 17.4 Å². The van der Waals surface area contributed by atoms with Crippen molar-refractivity contribution >= 4 is 11.3 Å². The average molecular weight is 306 g/mol. The maximum atomic E-state index is 14.2. The highest BCUT2D eigenvalue weighted by Gasteiger charge is 2.18. The van der Waals surface area contributed by atoms with Gasteiger partial charge in [-0.3, -0.25) is 0 Å². The quantitative estimate of drug-likeness (QED) is 0.692. The molecule has 110 valence electrons. The third kappa shape index (κ3) is 3.00. The van der Waals surface area contributed by atoms with E-state index in [0.29, 0.717) is 18.1 Å². The van der Waals surface area contributed by atoms with Crippen LogP contribution in [0, 0.1) is 24.5 Å². The Bertz CT molecular complexity index is 667. The second-order valence-corrected chi connectivity index (χ2v) is 6.56. The first kappa shape index (κ1) is 14.3. The fourth-order valence-corrected chi connectivity index (χ4v) is 3.32. The van der Waals surface area contributed by atoms with Crippen molar-refractivity contribution in [1.29, 1.82) is 0 Å². The molecule has 4 heteroatoms. The highest BCUT2D eigenvalue weighted by atomic mass is 32.1. The molecule has 2 aromatic rings. The number of ether oxygens (including phenoxy) is 1. The molecule has 21 heavy (non-hydrogen) atoms. The van der Waals surface area contributed by atoms with Gasteiger partial charge in [0.25, 0.3) is 0 Å². The van der Waals surface area contributed by atoms with E-state index in [4.69, 9.17) is 4.74 Å². The first-order valence-electron chi connectivity index (χ1n) is 6.97. The molecule has 0 amide bonds. The van der Waals surface area contributed by atoms with Gasteiger partial charge in [0.1, 0.15) is 0 Å². The fraction of sp³-hybridized carbons (Fsp3) is 0.294. The predicted octanol–water partition coefficient (Wildman–Crippen LogP) is 5.35. The Morgan fingerprint density at radius 3 is 2.52 bits per heavy atom. The Morgan fingerprint density at radius 2 is 1.86 bits per heavy atom. The van der Waals surface area contributed by atoms with Crippen molar-refractivity contribution in [3.63, 3.8) is 0 Å². The van der Waals surface area contributed by atoms with E-state index in [-0.39, 0.29) is 5.75 Å². The van der Waals surface area contributed by atoms with Crippen LogP contribution >= 0.6 is 11.3 Å². The van der Waals surface area contributed by atoms with Crippen molar-refractivity contribution in [2.45, 2.75) is 19.8 Å². The van der Waals surface area contributed by atoms with Gasteiger partial charge in [0.05, 0.1) is 6.61 Å². The number of allylic oxidation sites excluding steroid dienone is 2. The lowest BCUT2D eigenvalue weighted by atomic mass is 10.1. The van der Waals surface area contributed by atoms with Crippen molar-refractivity contribution in [2.75, 3.05) is 6.61 Å². The molecule has 0 N–H and O–H groups in total. The summed E-state index contributed by atoms with van der Waals surface area (Å²) in [6, 6.07) is 6.81. The number of halogens is 2. The van der Waals surface area contributed by atoms with Gasteiger partial charge in [0.2, 0.25) is 5.82 Å². The molecule has 0 saturated carbocycles. The number of hydrogen-bond acceptors (Lipinski definition) is 2. The van der Waals surface area contributed by atoms with Crippen LogP contribution in [0.4, 0.5) is 8.78 Å². The molecule has 0 unspecified atom stereocenters. The third-order valence-electron chi connectivity index (χ3n) is 3.63. The summed E-state index contributed by atoms with van der Waals surface area (Å²) in [5, 5.41) is 0. The van der Waals surface area contributed by atoms with Gasteiger partial charge in [-0.05, 0) is 49.9 Å². The van der Waals surface area contributed by atoms with Gasteiger partial charge in [0, 0.05) is 15.3 Å². The molecule has 1 nitrogen and oxygen atoms in total. The zero-order valence-electron chi connectivity index (χ0n) is 11.7. The van der Waals surface area contributed by atoms with E-state index >= 15 is 0 Å². The summed E-state index contributed by atoms with van der Waals surface area (Å²) in [4.78, 5) is 1.80. The highest BCUT2D eigenvalue weighted by Crippen LogP contribution is 2.34. The molecule has 1 aliphatic rings. The molecule has 0 spiro atoms. The second-order valence-electron chi connectivity index (χ2n) is 5.27. The molecule has 1 aromatic heterocycles. The Balaban J connectivity index is 1.79. The molecule has 0 fully saturated rings. The van der Waals surface area contributed by atoms with Gasteiger partial charge in [-0.25, -0.2) is 4.39 Å². The molecule has 0 radical (unpaired) electrons. The summed E-state index contributed by atoms with van der Waals surface area (Å²) in [7, 11) is 0. The van der Waals surface area contributed by atoms with Crippen molar-refractivity contribution in [3.8, 4) is 16.2 Å². The van der Waals surface area contributed by atoms with Crippen molar-refractivity contribution in [1.82, 2.24) is 0 Å². The lowest BCUT2D eigenvalue weighted by Gasteiger charge is -2.13. The van der Waals surface area contributed by atoms with Gasteiger partial charge in [-0.2, -0.15) is 4.39 Å². The summed E-state index contributed by atoms with van der Waals surface area (Å²) < 4.78 is 33.8. The van der Waals surface area contributed by atoms with Gasteiger partial charge in [-0.1, -0.05) is 12.2 Å². The summed E-state index contributed by atoms with van der Waals surface area (Å²) in [5.74, 6) is -1.37. The van der Waals surface area contributed by atoms with E-state index in [1.54, 1.807) is 6.07 Å². The summed E-state index contributed by atoms with van der Waals surface area (Å²) in [5.41, 5.74) is 0.292. The SMILES string of the molecule is Cc1ccc(-c2ccc(OCC3CC=CC3)c(F)c2F)s1. The summed E-state index contributed by atoms with van der Waals surface area (Å²) >= 11 is 1.45. The van der Waals surface area contributed by atoms with E-state index in [1.807, 2.05) is 19.1 Å². The molecule has 1 aliphatic carbocycles. The van der Waals surface area contributed by atoms with Crippen LogP contribution in [0.15, 0.2) is 36.4 Å². The largest absolute Gasteiger partial charge is 0.490 e. The first-order chi connectivity index (χ1) is 10.1. The number of benzene rings is 1. The van der Waals surface area contributed by atoms with Crippen LogP contribution in [-0.4, -0.2) is 6.61 Å². The molecule has 0 saturated heterocycles. The first-order valence-corrected chi connectivity index (χ1v) is 7.79. The third-order valence-corrected chi connectivity index (χ3v) is 4.67. The minimum absolute atomic E-state index is 0.00331. The van der Waals surface area contributed by atoms with Gasteiger partial charge < -0.3 is 4.74 Å². The minimum Gasteiger partial charge on any atom is -0.490 e. The van der Waals surface area contributed by atoms with Crippen molar-refractivity contribution < 1.29 is 13.5 Å². The maximum Gasteiger partial charge on any atom is 0.201 e. The molecule has 3 rings (SSSR count). The monoisotopic (exact) mass is 306 g/mol. The normalized spacial score (nSPS) is 14.8. The second kappa shape index (κ2) is 5.98. The van der Waals surface area contributed by atoms with Gasteiger partial charge in [-0.15, -0.1) is 11.3 Å². The lowest BCUT2D eigenvalue weighted by molar-refractivity contribution is 0.243. The van der Waals surface area contributed by atoms with E-state index in [2.05, 4.69) is 12.2 Å². The van der Waals surface area contributed by atoms with Crippen LogP contribution in [0.25, 0.3) is 10.4 Å². The zero-order chi connectivity index (χ0) is 14.8. The van der Waals surface area contributed by atoms with Crippen LogP contribution in [-0.2, 0) is 0 Å². The highest BCUT2D eigenvalue weighted by molar-refractivity contribution is 7.15. The topological polar surface area (TPSA) is 9.23 Å². The Morgan fingerprint density at radius 1 is 1.10 bits per heavy atom. The van der Waals surface area contributed by atoms with Crippen molar-refractivity contribution in [2.24, 2.45) is 5.92 Å². The fourth-order valence-electron chi connectivity index (χ4n) is 2.43. The zero-order valence-corrected chi connectivity index (χ0v) is 12.6. The van der Waals surface area contributed by atoms with Crippen LogP contribution < -0.4 is 4.74 Å².